The van der Waals surface area contributed by atoms with Gasteiger partial charge in [-0.3, -0.25) is 4.79 Å². The molecule has 3 atom stereocenters. The lowest BCUT2D eigenvalue weighted by molar-refractivity contribution is -0.142. The van der Waals surface area contributed by atoms with Gasteiger partial charge in [-0.05, 0) is 41.0 Å². The van der Waals surface area contributed by atoms with Gasteiger partial charge in [0.1, 0.15) is 18.1 Å². The standard InChI is InChI=1S/C18H16O7/c19-11-2-1-8(3-12(11)20)15-10-5-14(22)13(21)4-9(10)6-18(24)7-25-17(23)16(15)18/h1-5,15-16,19-22,24H,6-7H2/t15-,16+,18-/m1/s1. The summed E-state index contributed by atoms with van der Waals surface area (Å²) < 4.78 is 5.07. The maximum atomic E-state index is 12.3. The highest BCUT2D eigenvalue weighted by Gasteiger charge is 2.57. The van der Waals surface area contributed by atoms with Crippen LogP contribution in [-0.2, 0) is 16.0 Å². The van der Waals surface area contributed by atoms with Gasteiger partial charge in [-0.25, -0.2) is 0 Å². The highest BCUT2D eigenvalue weighted by atomic mass is 16.6. The van der Waals surface area contributed by atoms with Crippen LogP contribution in [0.4, 0.5) is 0 Å². The fourth-order valence-corrected chi connectivity index (χ4v) is 3.90. The lowest BCUT2D eigenvalue weighted by atomic mass is 9.65. The second-order valence-electron chi connectivity index (χ2n) is 6.63. The quantitative estimate of drug-likeness (QED) is 0.387. The van der Waals surface area contributed by atoms with Crippen LogP contribution in [0.5, 0.6) is 23.0 Å². The Morgan fingerprint density at radius 2 is 1.64 bits per heavy atom. The molecule has 25 heavy (non-hydrogen) atoms. The number of carbonyl (C=O) groups excluding carboxylic acids is 1. The maximum Gasteiger partial charge on any atom is 0.313 e. The molecule has 1 aliphatic heterocycles. The molecule has 2 aliphatic rings. The van der Waals surface area contributed by atoms with Crippen LogP contribution in [0, 0.1) is 5.92 Å². The highest BCUT2D eigenvalue weighted by molar-refractivity contribution is 5.80. The van der Waals surface area contributed by atoms with Crippen LogP contribution in [0.2, 0.25) is 0 Å². The Labute approximate surface area is 142 Å². The normalized spacial score (nSPS) is 27.5. The zero-order valence-corrected chi connectivity index (χ0v) is 13.0. The van der Waals surface area contributed by atoms with Gasteiger partial charge in [-0.2, -0.15) is 0 Å². The van der Waals surface area contributed by atoms with Crippen molar-refractivity contribution < 1.29 is 35.1 Å². The van der Waals surface area contributed by atoms with E-state index in [9.17, 15) is 30.3 Å². The Hall–Kier alpha value is -2.93. The smallest absolute Gasteiger partial charge is 0.313 e. The summed E-state index contributed by atoms with van der Waals surface area (Å²) in [7, 11) is 0. The second-order valence-corrected chi connectivity index (χ2v) is 6.63. The SMILES string of the molecule is O=C1OC[C@]2(O)Cc3cc(O)c(O)cc3[C@@H](c3ccc(O)c(O)c3)[C@@H]12. The molecule has 2 aromatic carbocycles. The van der Waals surface area contributed by atoms with Gasteiger partial charge in [0.2, 0.25) is 0 Å². The molecule has 0 spiro atoms. The van der Waals surface area contributed by atoms with Crippen molar-refractivity contribution in [2.75, 3.05) is 6.61 Å². The van der Waals surface area contributed by atoms with Gasteiger partial charge < -0.3 is 30.3 Å². The predicted octanol–water partition coefficient (Wildman–Crippen LogP) is 1.10. The number of rotatable bonds is 1. The Balaban J connectivity index is 1.97. The van der Waals surface area contributed by atoms with E-state index in [1.165, 1.54) is 30.3 Å². The molecule has 1 saturated heterocycles. The fourth-order valence-electron chi connectivity index (χ4n) is 3.90. The minimum Gasteiger partial charge on any atom is -0.504 e. The molecule has 7 nitrogen and oxygen atoms in total. The summed E-state index contributed by atoms with van der Waals surface area (Å²) in [6.45, 7) is -0.169. The van der Waals surface area contributed by atoms with E-state index in [4.69, 9.17) is 4.74 Å². The van der Waals surface area contributed by atoms with E-state index in [0.717, 1.165) is 0 Å². The summed E-state index contributed by atoms with van der Waals surface area (Å²) >= 11 is 0. The fraction of sp³-hybridized carbons (Fsp3) is 0.278. The van der Waals surface area contributed by atoms with Gasteiger partial charge in [0, 0.05) is 12.3 Å². The molecule has 7 heteroatoms. The number of aromatic hydroxyl groups is 4. The molecule has 2 aromatic rings. The van der Waals surface area contributed by atoms with Crippen LogP contribution >= 0.6 is 0 Å². The van der Waals surface area contributed by atoms with Crippen LogP contribution in [0.15, 0.2) is 30.3 Å². The molecule has 1 fully saturated rings. The van der Waals surface area contributed by atoms with Crippen molar-refractivity contribution in [1.29, 1.82) is 0 Å². The number of cyclic esters (lactones) is 1. The number of hydrogen-bond acceptors (Lipinski definition) is 7. The van der Waals surface area contributed by atoms with E-state index in [1.807, 2.05) is 0 Å². The van der Waals surface area contributed by atoms with Crippen LogP contribution in [0.25, 0.3) is 0 Å². The Bertz CT molecular complexity index is 891. The molecule has 1 heterocycles. The van der Waals surface area contributed by atoms with E-state index >= 15 is 0 Å². The molecule has 0 unspecified atom stereocenters. The number of hydrogen-bond donors (Lipinski definition) is 5. The van der Waals surface area contributed by atoms with Gasteiger partial charge in [-0.1, -0.05) is 6.07 Å². The summed E-state index contributed by atoms with van der Waals surface area (Å²) in [6, 6.07) is 6.84. The van der Waals surface area contributed by atoms with Crippen molar-refractivity contribution >= 4 is 5.97 Å². The van der Waals surface area contributed by atoms with Gasteiger partial charge in [-0.15, -0.1) is 0 Å². The minimum atomic E-state index is -1.45. The first-order valence-corrected chi connectivity index (χ1v) is 7.76. The van der Waals surface area contributed by atoms with Gasteiger partial charge in [0.05, 0.1) is 0 Å². The zero-order chi connectivity index (χ0) is 17.9. The number of fused-ring (bicyclic) bond motifs is 2. The number of benzene rings is 2. The number of phenols is 4. The van der Waals surface area contributed by atoms with Crippen LogP contribution in [0.3, 0.4) is 0 Å². The Kier molecular flexibility index (Phi) is 3.14. The largest absolute Gasteiger partial charge is 0.504 e. The number of ether oxygens (including phenoxy) is 1. The number of esters is 1. The van der Waals surface area contributed by atoms with Crippen molar-refractivity contribution in [2.45, 2.75) is 17.9 Å². The van der Waals surface area contributed by atoms with Crippen molar-refractivity contribution in [3.63, 3.8) is 0 Å². The number of carbonyl (C=O) groups is 1. The van der Waals surface area contributed by atoms with Crippen molar-refractivity contribution in [2.24, 2.45) is 5.92 Å². The average molecular weight is 344 g/mol. The summed E-state index contributed by atoms with van der Waals surface area (Å²) in [4.78, 5) is 12.3. The molecule has 1 aliphatic carbocycles. The summed E-state index contributed by atoms with van der Waals surface area (Å²) in [5.41, 5.74) is 0.147. The van der Waals surface area contributed by atoms with Crippen LogP contribution in [-0.4, -0.2) is 43.7 Å². The molecular weight excluding hydrogens is 328 g/mol. The molecule has 4 rings (SSSR count). The van der Waals surface area contributed by atoms with E-state index in [2.05, 4.69) is 0 Å². The second kappa shape index (κ2) is 5.03. The van der Waals surface area contributed by atoms with Crippen LogP contribution in [0.1, 0.15) is 22.6 Å². The first-order chi connectivity index (χ1) is 11.8. The summed E-state index contributed by atoms with van der Waals surface area (Å²) in [5.74, 6) is -3.53. The van der Waals surface area contributed by atoms with Gasteiger partial charge >= 0.3 is 5.97 Å². The third kappa shape index (κ3) is 2.20. The lowest BCUT2D eigenvalue weighted by Gasteiger charge is -2.38. The molecule has 130 valence electrons. The lowest BCUT2D eigenvalue weighted by Crippen LogP contribution is -2.47. The molecule has 0 radical (unpaired) electrons. The van der Waals surface area contributed by atoms with E-state index < -0.39 is 23.4 Å². The first-order valence-electron chi connectivity index (χ1n) is 7.76. The van der Waals surface area contributed by atoms with Crippen molar-refractivity contribution in [3.8, 4) is 23.0 Å². The predicted molar refractivity (Wildman–Crippen MR) is 84.5 cm³/mol. The Morgan fingerprint density at radius 3 is 2.36 bits per heavy atom. The molecule has 5 N–H and O–H groups in total. The highest BCUT2D eigenvalue weighted by Crippen LogP contribution is 2.51. The number of aliphatic hydroxyl groups is 1. The zero-order valence-electron chi connectivity index (χ0n) is 13.0. The molecule has 0 amide bonds. The monoisotopic (exact) mass is 344 g/mol. The van der Waals surface area contributed by atoms with Gasteiger partial charge in [0.25, 0.3) is 0 Å². The third-order valence-electron chi connectivity index (χ3n) is 5.06. The van der Waals surface area contributed by atoms with Crippen molar-refractivity contribution in [1.82, 2.24) is 0 Å². The third-order valence-corrected chi connectivity index (χ3v) is 5.06. The Morgan fingerprint density at radius 1 is 0.960 bits per heavy atom. The summed E-state index contributed by atoms with van der Waals surface area (Å²) in [5, 5.41) is 50.0. The molecule has 0 bridgehead atoms. The average Bonchev–Trinajstić information content (AvgIpc) is 2.85. The van der Waals surface area contributed by atoms with Crippen LogP contribution < -0.4 is 0 Å². The first kappa shape index (κ1) is 15.6. The van der Waals surface area contributed by atoms with Crippen molar-refractivity contribution in [3.05, 3.63) is 47.0 Å². The summed E-state index contributed by atoms with van der Waals surface area (Å²) in [6.07, 6.45) is 0.0904. The topological polar surface area (TPSA) is 127 Å². The number of phenolic OH excluding ortho intramolecular Hbond substituents is 4. The van der Waals surface area contributed by atoms with E-state index in [1.54, 1.807) is 0 Å². The molecular formula is C18H16O7. The minimum absolute atomic E-state index is 0.0904. The van der Waals surface area contributed by atoms with Gasteiger partial charge in [0.15, 0.2) is 23.0 Å². The molecule has 0 saturated carbocycles. The molecule has 0 aromatic heterocycles. The van der Waals surface area contributed by atoms with E-state index in [-0.39, 0.29) is 36.0 Å². The van der Waals surface area contributed by atoms with E-state index in [0.29, 0.717) is 16.7 Å². The maximum absolute atomic E-state index is 12.3.